The Morgan fingerprint density at radius 1 is 1.00 bits per heavy atom. The second-order valence-electron chi connectivity index (χ2n) is 5.66. The van der Waals surface area contributed by atoms with E-state index in [-0.39, 0.29) is 5.41 Å². The van der Waals surface area contributed by atoms with Gasteiger partial charge >= 0.3 is 0 Å². The van der Waals surface area contributed by atoms with Gasteiger partial charge in [0.25, 0.3) is 0 Å². The fraction of sp³-hybridized carbons (Fsp3) is 0.667. The molecule has 0 aliphatic carbocycles. The Bertz CT molecular complexity index is 328. The van der Waals surface area contributed by atoms with Crippen LogP contribution in [0.15, 0.2) is 47.4 Å². The molecular formula is C18H32N2. The SMILES string of the molecule is C=C/C=C(\N=N/C=C)C(C)(CCCC)CCCCCC. The Morgan fingerprint density at radius 3 is 2.20 bits per heavy atom. The molecule has 20 heavy (non-hydrogen) atoms. The first-order valence-electron chi connectivity index (χ1n) is 7.99. The summed E-state index contributed by atoms with van der Waals surface area (Å²) in [5.74, 6) is 0. The van der Waals surface area contributed by atoms with Gasteiger partial charge in [0.05, 0.1) is 5.70 Å². The fourth-order valence-electron chi connectivity index (χ4n) is 2.46. The van der Waals surface area contributed by atoms with Gasteiger partial charge in [0.15, 0.2) is 0 Å². The zero-order chi connectivity index (χ0) is 15.3. The quantitative estimate of drug-likeness (QED) is 0.212. The molecule has 0 radical (unpaired) electrons. The molecule has 0 aromatic heterocycles. The van der Waals surface area contributed by atoms with Crippen LogP contribution in [0.5, 0.6) is 0 Å². The maximum Gasteiger partial charge on any atom is 0.0689 e. The molecule has 0 spiro atoms. The standard InChI is InChI=1S/C18H32N2/c1-6-10-12-13-16-18(5,15-11-7-2)17(14-8-3)20-19-9-4/h8-9,14H,3-4,6-7,10-13,15-16H2,1-2,5H3/b17-14-,20-19-. The van der Waals surface area contributed by atoms with Crippen LogP contribution in [0.1, 0.15) is 72.1 Å². The lowest BCUT2D eigenvalue weighted by atomic mass is 9.77. The third-order valence-corrected chi connectivity index (χ3v) is 3.81. The van der Waals surface area contributed by atoms with Crippen LogP contribution in [0.25, 0.3) is 0 Å². The van der Waals surface area contributed by atoms with Gasteiger partial charge in [0.1, 0.15) is 0 Å². The van der Waals surface area contributed by atoms with Gasteiger partial charge in [-0.1, -0.05) is 78.5 Å². The zero-order valence-corrected chi connectivity index (χ0v) is 13.7. The number of allylic oxidation sites excluding steroid dienone is 3. The van der Waals surface area contributed by atoms with Crippen LogP contribution in [-0.2, 0) is 0 Å². The number of azo groups is 1. The van der Waals surface area contributed by atoms with E-state index in [9.17, 15) is 0 Å². The van der Waals surface area contributed by atoms with E-state index in [2.05, 4.69) is 44.2 Å². The second-order valence-corrected chi connectivity index (χ2v) is 5.66. The molecule has 1 atom stereocenters. The predicted molar refractivity (Wildman–Crippen MR) is 89.7 cm³/mol. The van der Waals surface area contributed by atoms with E-state index in [4.69, 9.17) is 0 Å². The predicted octanol–water partition coefficient (Wildman–Crippen LogP) is 6.82. The first-order chi connectivity index (χ1) is 9.64. The van der Waals surface area contributed by atoms with Crippen molar-refractivity contribution in [2.24, 2.45) is 15.6 Å². The molecule has 0 aromatic carbocycles. The summed E-state index contributed by atoms with van der Waals surface area (Å²) in [6, 6.07) is 0. The number of unbranched alkanes of at least 4 members (excludes halogenated alkanes) is 4. The average molecular weight is 276 g/mol. The number of rotatable bonds is 12. The molecule has 0 aliphatic heterocycles. The van der Waals surface area contributed by atoms with Crippen molar-refractivity contribution >= 4 is 0 Å². The van der Waals surface area contributed by atoms with Crippen molar-refractivity contribution in [1.82, 2.24) is 0 Å². The highest BCUT2D eigenvalue weighted by Gasteiger charge is 2.28. The van der Waals surface area contributed by atoms with Crippen molar-refractivity contribution in [2.75, 3.05) is 0 Å². The lowest BCUT2D eigenvalue weighted by molar-refractivity contribution is 0.306. The van der Waals surface area contributed by atoms with E-state index in [1.807, 2.05) is 12.2 Å². The van der Waals surface area contributed by atoms with E-state index in [0.29, 0.717) is 0 Å². The van der Waals surface area contributed by atoms with E-state index in [1.54, 1.807) is 0 Å². The Balaban J connectivity index is 4.93. The van der Waals surface area contributed by atoms with Crippen LogP contribution in [0, 0.1) is 5.41 Å². The highest BCUT2D eigenvalue weighted by molar-refractivity contribution is 5.17. The van der Waals surface area contributed by atoms with Crippen LogP contribution in [0.2, 0.25) is 0 Å². The zero-order valence-electron chi connectivity index (χ0n) is 13.7. The first kappa shape index (κ1) is 18.8. The smallest absolute Gasteiger partial charge is 0.0689 e. The summed E-state index contributed by atoms with van der Waals surface area (Å²) in [5, 5.41) is 8.33. The molecule has 0 bridgehead atoms. The molecule has 0 aromatic rings. The Labute approximate surface area is 125 Å². The average Bonchev–Trinajstić information content (AvgIpc) is 2.46. The van der Waals surface area contributed by atoms with E-state index in [0.717, 1.165) is 12.1 Å². The van der Waals surface area contributed by atoms with Crippen LogP contribution in [-0.4, -0.2) is 0 Å². The van der Waals surface area contributed by atoms with Gasteiger partial charge < -0.3 is 0 Å². The van der Waals surface area contributed by atoms with Crippen LogP contribution >= 0.6 is 0 Å². The maximum absolute atomic E-state index is 4.35. The van der Waals surface area contributed by atoms with Crippen molar-refractivity contribution in [3.8, 4) is 0 Å². The number of hydrogen-bond donors (Lipinski definition) is 0. The molecule has 0 aliphatic rings. The third kappa shape index (κ3) is 7.42. The van der Waals surface area contributed by atoms with Gasteiger partial charge in [0.2, 0.25) is 0 Å². The highest BCUT2D eigenvalue weighted by Crippen LogP contribution is 2.39. The second kappa shape index (κ2) is 11.6. The molecule has 0 saturated heterocycles. The molecule has 0 amide bonds. The molecule has 2 nitrogen and oxygen atoms in total. The molecule has 0 fully saturated rings. The van der Waals surface area contributed by atoms with Crippen LogP contribution < -0.4 is 0 Å². The van der Waals surface area contributed by atoms with Crippen LogP contribution in [0.4, 0.5) is 0 Å². The van der Waals surface area contributed by atoms with E-state index in [1.165, 1.54) is 51.1 Å². The molecule has 0 heterocycles. The summed E-state index contributed by atoms with van der Waals surface area (Å²) in [7, 11) is 0. The van der Waals surface area contributed by atoms with E-state index >= 15 is 0 Å². The van der Waals surface area contributed by atoms with Crippen molar-refractivity contribution < 1.29 is 0 Å². The lowest BCUT2D eigenvalue weighted by Crippen LogP contribution is -2.18. The van der Waals surface area contributed by atoms with Gasteiger partial charge in [-0.15, -0.1) is 0 Å². The summed E-state index contributed by atoms with van der Waals surface area (Å²) >= 11 is 0. The Kier molecular flexibility index (Phi) is 10.9. The topological polar surface area (TPSA) is 24.7 Å². The largest absolute Gasteiger partial charge is 0.160 e. The minimum Gasteiger partial charge on any atom is -0.160 e. The number of nitrogens with zero attached hydrogens (tertiary/aromatic N) is 2. The van der Waals surface area contributed by atoms with Crippen molar-refractivity contribution in [3.63, 3.8) is 0 Å². The van der Waals surface area contributed by atoms with Gasteiger partial charge in [-0.2, -0.15) is 10.2 Å². The molecule has 0 N–H and O–H groups in total. The molecule has 0 saturated carbocycles. The molecule has 0 rings (SSSR count). The lowest BCUT2D eigenvalue weighted by Gasteiger charge is -2.29. The van der Waals surface area contributed by atoms with Crippen molar-refractivity contribution in [2.45, 2.75) is 72.1 Å². The number of hydrogen-bond acceptors (Lipinski definition) is 2. The summed E-state index contributed by atoms with van der Waals surface area (Å²) in [6.07, 6.45) is 15.2. The minimum absolute atomic E-state index is 0.102. The Hall–Kier alpha value is -1.18. The third-order valence-electron chi connectivity index (χ3n) is 3.81. The Morgan fingerprint density at radius 2 is 1.65 bits per heavy atom. The molecule has 2 heteroatoms. The van der Waals surface area contributed by atoms with E-state index < -0.39 is 0 Å². The van der Waals surface area contributed by atoms with Gasteiger partial charge in [-0.05, 0) is 18.9 Å². The summed E-state index contributed by atoms with van der Waals surface area (Å²) in [6.45, 7) is 14.2. The van der Waals surface area contributed by atoms with Gasteiger partial charge in [-0.25, -0.2) is 0 Å². The monoisotopic (exact) mass is 276 g/mol. The summed E-state index contributed by atoms with van der Waals surface area (Å²) in [4.78, 5) is 0. The first-order valence-corrected chi connectivity index (χ1v) is 7.99. The fourth-order valence-corrected chi connectivity index (χ4v) is 2.46. The minimum atomic E-state index is 0.102. The van der Waals surface area contributed by atoms with Gasteiger partial charge in [0, 0.05) is 11.6 Å². The molecule has 114 valence electrons. The summed E-state index contributed by atoms with van der Waals surface area (Å²) in [5.41, 5.74) is 1.14. The highest BCUT2D eigenvalue weighted by atomic mass is 15.1. The normalized spacial score (nSPS) is 15.2. The van der Waals surface area contributed by atoms with Crippen molar-refractivity contribution in [1.29, 1.82) is 0 Å². The molecular weight excluding hydrogens is 244 g/mol. The molecule has 1 unspecified atom stereocenters. The van der Waals surface area contributed by atoms with Crippen molar-refractivity contribution in [3.05, 3.63) is 37.2 Å². The summed E-state index contributed by atoms with van der Waals surface area (Å²) < 4.78 is 0. The van der Waals surface area contributed by atoms with Gasteiger partial charge in [-0.3, -0.25) is 0 Å². The maximum atomic E-state index is 4.35. The van der Waals surface area contributed by atoms with Crippen LogP contribution in [0.3, 0.4) is 0 Å².